The molecule has 0 aliphatic rings. The number of rotatable bonds is 6. The van der Waals surface area contributed by atoms with E-state index in [1.54, 1.807) is 19.4 Å². The fourth-order valence-electron chi connectivity index (χ4n) is 1.88. The van der Waals surface area contributed by atoms with Crippen molar-refractivity contribution in [2.24, 2.45) is 5.92 Å². The van der Waals surface area contributed by atoms with Gasteiger partial charge in [0, 0.05) is 23.8 Å². The standard InChI is InChI=1S/C16H21ClN4O/c1-10(2)9-19-15-5-6-18-16(21-15)20-13-7-11(3)12(17)8-14(13)22-4/h5-8,10H,9H2,1-4H3,(H2,18,19,20,21). The molecule has 5 nitrogen and oxygen atoms in total. The molecule has 22 heavy (non-hydrogen) atoms. The highest BCUT2D eigenvalue weighted by Crippen LogP contribution is 2.32. The first-order valence-electron chi connectivity index (χ1n) is 7.17. The second-order valence-electron chi connectivity index (χ2n) is 5.47. The number of aromatic nitrogens is 2. The van der Waals surface area contributed by atoms with E-state index in [9.17, 15) is 0 Å². The van der Waals surface area contributed by atoms with Crippen molar-refractivity contribution in [3.05, 3.63) is 35.0 Å². The molecule has 0 aliphatic heterocycles. The van der Waals surface area contributed by atoms with E-state index < -0.39 is 0 Å². The van der Waals surface area contributed by atoms with Gasteiger partial charge in [0.15, 0.2) is 0 Å². The van der Waals surface area contributed by atoms with Gasteiger partial charge in [-0.1, -0.05) is 25.4 Å². The zero-order chi connectivity index (χ0) is 16.1. The quantitative estimate of drug-likeness (QED) is 0.833. The van der Waals surface area contributed by atoms with E-state index in [0.717, 1.165) is 23.6 Å². The van der Waals surface area contributed by atoms with Gasteiger partial charge in [-0.3, -0.25) is 0 Å². The molecule has 2 rings (SSSR count). The summed E-state index contributed by atoms with van der Waals surface area (Å²) in [5.74, 6) is 2.50. The Hall–Kier alpha value is -2.01. The zero-order valence-corrected chi connectivity index (χ0v) is 14.0. The molecular weight excluding hydrogens is 300 g/mol. The van der Waals surface area contributed by atoms with Crippen molar-refractivity contribution in [2.75, 3.05) is 24.3 Å². The maximum atomic E-state index is 6.11. The Balaban J connectivity index is 2.20. The molecule has 1 aromatic carbocycles. The second kappa shape index (κ2) is 7.31. The monoisotopic (exact) mass is 320 g/mol. The molecule has 118 valence electrons. The number of aryl methyl sites for hydroxylation is 1. The van der Waals surface area contributed by atoms with Crippen molar-refractivity contribution in [1.29, 1.82) is 0 Å². The normalized spacial score (nSPS) is 10.6. The van der Waals surface area contributed by atoms with Crippen LogP contribution < -0.4 is 15.4 Å². The van der Waals surface area contributed by atoms with Gasteiger partial charge < -0.3 is 15.4 Å². The van der Waals surface area contributed by atoms with Crippen LogP contribution in [0.3, 0.4) is 0 Å². The van der Waals surface area contributed by atoms with Crippen molar-refractivity contribution in [3.63, 3.8) is 0 Å². The molecule has 6 heteroatoms. The van der Waals surface area contributed by atoms with E-state index in [-0.39, 0.29) is 0 Å². The van der Waals surface area contributed by atoms with Crippen LogP contribution in [0.5, 0.6) is 5.75 Å². The molecule has 0 saturated carbocycles. The molecule has 2 N–H and O–H groups in total. The van der Waals surface area contributed by atoms with E-state index in [1.807, 2.05) is 19.1 Å². The Morgan fingerprint density at radius 2 is 2.09 bits per heavy atom. The first-order chi connectivity index (χ1) is 10.5. The molecule has 0 spiro atoms. The zero-order valence-electron chi connectivity index (χ0n) is 13.3. The minimum absolute atomic E-state index is 0.508. The predicted molar refractivity (Wildman–Crippen MR) is 91.4 cm³/mol. The highest BCUT2D eigenvalue weighted by Gasteiger charge is 2.09. The number of hydrogen-bond donors (Lipinski definition) is 2. The van der Waals surface area contributed by atoms with Crippen LogP contribution in [0.4, 0.5) is 17.5 Å². The fourth-order valence-corrected chi connectivity index (χ4v) is 2.03. The van der Waals surface area contributed by atoms with Gasteiger partial charge in [0.25, 0.3) is 0 Å². The number of anilines is 3. The largest absolute Gasteiger partial charge is 0.495 e. The maximum Gasteiger partial charge on any atom is 0.229 e. The molecule has 0 saturated heterocycles. The molecule has 0 radical (unpaired) electrons. The lowest BCUT2D eigenvalue weighted by atomic mass is 10.2. The average molecular weight is 321 g/mol. The van der Waals surface area contributed by atoms with E-state index in [4.69, 9.17) is 16.3 Å². The topological polar surface area (TPSA) is 59.1 Å². The Bertz CT molecular complexity index is 646. The van der Waals surface area contributed by atoms with Gasteiger partial charge in [0.05, 0.1) is 12.8 Å². The van der Waals surface area contributed by atoms with Gasteiger partial charge in [0.2, 0.25) is 5.95 Å². The summed E-state index contributed by atoms with van der Waals surface area (Å²) in [6.07, 6.45) is 1.72. The average Bonchev–Trinajstić information content (AvgIpc) is 2.49. The number of nitrogens with one attached hydrogen (secondary N) is 2. The Labute approximate surface area is 136 Å². The lowest BCUT2D eigenvalue weighted by Gasteiger charge is -2.13. The van der Waals surface area contributed by atoms with Crippen molar-refractivity contribution in [2.45, 2.75) is 20.8 Å². The third-order valence-corrected chi connectivity index (χ3v) is 3.48. The van der Waals surface area contributed by atoms with Gasteiger partial charge in [-0.15, -0.1) is 0 Å². The van der Waals surface area contributed by atoms with E-state index >= 15 is 0 Å². The molecule has 1 heterocycles. The van der Waals surface area contributed by atoms with Crippen LogP contribution in [0.15, 0.2) is 24.4 Å². The fraction of sp³-hybridized carbons (Fsp3) is 0.375. The van der Waals surface area contributed by atoms with Crippen LogP contribution in [0, 0.1) is 12.8 Å². The third-order valence-electron chi connectivity index (χ3n) is 3.07. The number of ether oxygens (including phenoxy) is 1. The molecule has 2 aromatic rings. The highest BCUT2D eigenvalue weighted by atomic mass is 35.5. The summed E-state index contributed by atoms with van der Waals surface area (Å²) in [6.45, 7) is 7.09. The first-order valence-corrected chi connectivity index (χ1v) is 7.55. The van der Waals surface area contributed by atoms with Gasteiger partial charge >= 0.3 is 0 Å². The summed E-state index contributed by atoms with van der Waals surface area (Å²) in [7, 11) is 1.60. The van der Waals surface area contributed by atoms with Crippen LogP contribution in [-0.4, -0.2) is 23.6 Å². The summed E-state index contributed by atoms with van der Waals surface area (Å²) < 4.78 is 5.34. The third kappa shape index (κ3) is 4.24. The van der Waals surface area contributed by atoms with Gasteiger partial charge in [-0.25, -0.2) is 4.98 Å². The van der Waals surface area contributed by atoms with E-state index in [0.29, 0.717) is 22.6 Å². The summed E-state index contributed by atoms with van der Waals surface area (Å²) in [5.41, 5.74) is 1.74. The minimum atomic E-state index is 0.508. The molecule has 0 unspecified atom stereocenters. The van der Waals surface area contributed by atoms with Crippen LogP contribution in [0.1, 0.15) is 19.4 Å². The summed E-state index contributed by atoms with van der Waals surface area (Å²) in [6, 6.07) is 5.54. The van der Waals surface area contributed by atoms with Crippen LogP contribution in [0.25, 0.3) is 0 Å². The number of halogens is 1. The smallest absolute Gasteiger partial charge is 0.229 e. The molecule has 0 aliphatic carbocycles. The predicted octanol–water partition coefficient (Wildman–Crippen LogP) is 4.26. The Kier molecular flexibility index (Phi) is 5.44. The van der Waals surface area contributed by atoms with Crippen molar-refractivity contribution in [3.8, 4) is 5.75 Å². The Morgan fingerprint density at radius 1 is 1.32 bits per heavy atom. The molecular formula is C16H21ClN4O. The molecule has 0 atom stereocenters. The summed E-state index contributed by atoms with van der Waals surface area (Å²) in [4.78, 5) is 8.68. The van der Waals surface area contributed by atoms with Crippen LogP contribution in [0.2, 0.25) is 5.02 Å². The highest BCUT2D eigenvalue weighted by molar-refractivity contribution is 6.31. The molecule has 1 aromatic heterocycles. The van der Waals surface area contributed by atoms with Gasteiger partial charge in [-0.2, -0.15) is 4.98 Å². The van der Waals surface area contributed by atoms with Crippen molar-refractivity contribution < 1.29 is 4.74 Å². The number of benzene rings is 1. The van der Waals surface area contributed by atoms with Crippen LogP contribution in [-0.2, 0) is 0 Å². The van der Waals surface area contributed by atoms with Gasteiger partial charge in [0.1, 0.15) is 11.6 Å². The Morgan fingerprint density at radius 3 is 2.77 bits per heavy atom. The SMILES string of the molecule is COc1cc(Cl)c(C)cc1Nc1nccc(NCC(C)C)n1. The molecule has 0 bridgehead atoms. The minimum Gasteiger partial charge on any atom is -0.495 e. The second-order valence-corrected chi connectivity index (χ2v) is 5.87. The maximum absolute atomic E-state index is 6.11. The van der Waals surface area contributed by atoms with E-state index in [1.165, 1.54) is 0 Å². The van der Waals surface area contributed by atoms with Crippen molar-refractivity contribution in [1.82, 2.24) is 9.97 Å². The summed E-state index contributed by atoms with van der Waals surface area (Å²) >= 11 is 6.11. The number of hydrogen-bond acceptors (Lipinski definition) is 5. The van der Waals surface area contributed by atoms with Crippen molar-refractivity contribution >= 4 is 29.1 Å². The first kappa shape index (κ1) is 16.4. The van der Waals surface area contributed by atoms with Gasteiger partial charge in [-0.05, 0) is 30.5 Å². The number of methoxy groups -OCH3 is 1. The van der Waals surface area contributed by atoms with Crippen LogP contribution >= 0.6 is 11.6 Å². The molecule has 0 fully saturated rings. The number of nitrogens with zero attached hydrogens (tertiary/aromatic N) is 2. The van der Waals surface area contributed by atoms with E-state index in [2.05, 4.69) is 34.4 Å². The summed E-state index contributed by atoms with van der Waals surface area (Å²) in [5, 5.41) is 7.11. The lowest BCUT2D eigenvalue weighted by Crippen LogP contribution is -2.10. The lowest BCUT2D eigenvalue weighted by molar-refractivity contribution is 0.416. The molecule has 0 amide bonds.